The molecule has 0 spiro atoms. The highest BCUT2D eigenvalue weighted by molar-refractivity contribution is 5.98. The zero-order chi connectivity index (χ0) is 13.5. The van der Waals surface area contributed by atoms with Gasteiger partial charge in [0.15, 0.2) is 5.84 Å². The molecule has 0 unspecified atom stereocenters. The summed E-state index contributed by atoms with van der Waals surface area (Å²) in [6, 6.07) is 5.52. The molecule has 0 aliphatic rings. The monoisotopic (exact) mass is 251 g/mol. The Balaban J connectivity index is 2.57. The summed E-state index contributed by atoms with van der Waals surface area (Å²) in [5.74, 6) is 0.924. The van der Waals surface area contributed by atoms with E-state index in [1.807, 2.05) is 33.2 Å². The molecule has 5 nitrogen and oxygen atoms in total. The normalized spacial score (nSPS) is 11.9. The molecule has 18 heavy (non-hydrogen) atoms. The second kappa shape index (κ2) is 6.86. The Kier molecular flexibility index (Phi) is 5.45. The fourth-order valence-corrected chi connectivity index (χ4v) is 1.64. The average molecular weight is 251 g/mol. The Labute approximate surface area is 108 Å². The first kappa shape index (κ1) is 14.3. The molecule has 0 saturated carbocycles. The van der Waals surface area contributed by atoms with Crippen molar-refractivity contribution in [1.82, 2.24) is 4.90 Å². The van der Waals surface area contributed by atoms with Gasteiger partial charge in [-0.1, -0.05) is 5.16 Å². The summed E-state index contributed by atoms with van der Waals surface area (Å²) in [6.07, 6.45) is 0.980. The zero-order valence-electron chi connectivity index (χ0n) is 11.2. The van der Waals surface area contributed by atoms with Crippen molar-refractivity contribution in [1.29, 1.82) is 0 Å². The van der Waals surface area contributed by atoms with E-state index < -0.39 is 0 Å². The van der Waals surface area contributed by atoms with E-state index in [-0.39, 0.29) is 5.84 Å². The maximum atomic E-state index is 8.63. The minimum absolute atomic E-state index is 0.117. The van der Waals surface area contributed by atoms with Gasteiger partial charge < -0.3 is 20.6 Å². The number of nitrogens with zero attached hydrogens (tertiary/aromatic N) is 2. The molecule has 1 rings (SSSR count). The molecule has 0 saturated heterocycles. The summed E-state index contributed by atoms with van der Waals surface area (Å²) >= 11 is 0. The van der Waals surface area contributed by atoms with Gasteiger partial charge in [0.2, 0.25) is 0 Å². The molecule has 0 radical (unpaired) electrons. The first-order valence-electron chi connectivity index (χ1n) is 5.90. The van der Waals surface area contributed by atoms with E-state index in [2.05, 4.69) is 10.1 Å². The van der Waals surface area contributed by atoms with Gasteiger partial charge in [-0.3, -0.25) is 0 Å². The lowest BCUT2D eigenvalue weighted by molar-refractivity contribution is 0.281. The third-order valence-electron chi connectivity index (χ3n) is 2.60. The van der Waals surface area contributed by atoms with Crippen LogP contribution in [0.2, 0.25) is 0 Å². The van der Waals surface area contributed by atoms with Crippen LogP contribution in [0.4, 0.5) is 0 Å². The van der Waals surface area contributed by atoms with Crippen LogP contribution in [0.15, 0.2) is 23.4 Å². The van der Waals surface area contributed by atoms with Gasteiger partial charge in [-0.2, -0.15) is 0 Å². The molecule has 0 fully saturated rings. The van der Waals surface area contributed by atoms with Crippen LogP contribution in [0, 0.1) is 6.92 Å². The summed E-state index contributed by atoms with van der Waals surface area (Å²) in [5.41, 5.74) is 7.20. The number of hydrogen-bond donors (Lipinski definition) is 2. The van der Waals surface area contributed by atoms with Crippen molar-refractivity contribution >= 4 is 5.84 Å². The lowest BCUT2D eigenvalue weighted by Gasteiger charge is -2.11. The molecule has 100 valence electrons. The van der Waals surface area contributed by atoms with Gasteiger partial charge in [-0.15, -0.1) is 0 Å². The van der Waals surface area contributed by atoms with Crippen LogP contribution in [-0.2, 0) is 0 Å². The van der Waals surface area contributed by atoms with Crippen molar-refractivity contribution in [3.63, 3.8) is 0 Å². The number of aryl methyl sites for hydroxylation is 1. The van der Waals surface area contributed by atoms with Crippen molar-refractivity contribution in [3.8, 4) is 5.75 Å². The Morgan fingerprint density at radius 3 is 2.72 bits per heavy atom. The van der Waals surface area contributed by atoms with E-state index in [4.69, 9.17) is 15.7 Å². The van der Waals surface area contributed by atoms with Crippen molar-refractivity contribution in [2.24, 2.45) is 10.9 Å². The van der Waals surface area contributed by atoms with Gasteiger partial charge in [0.1, 0.15) is 5.75 Å². The summed E-state index contributed by atoms with van der Waals surface area (Å²) in [5, 5.41) is 11.6. The van der Waals surface area contributed by atoms with Gasteiger partial charge in [0, 0.05) is 12.1 Å². The molecule has 1 aromatic carbocycles. The number of hydrogen-bond acceptors (Lipinski definition) is 4. The quantitative estimate of drug-likeness (QED) is 0.264. The molecule has 0 amide bonds. The molecule has 0 aliphatic carbocycles. The van der Waals surface area contributed by atoms with Crippen molar-refractivity contribution in [3.05, 3.63) is 29.3 Å². The second-order valence-electron chi connectivity index (χ2n) is 4.47. The minimum Gasteiger partial charge on any atom is -0.494 e. The highest BCUT2D eigenvalue weighted by Crippen LogP contribution is 2.17. The number of benzene rings is 1. The first-order valence-corrected chi connectivity index (χ1v) is 5.90. The summed E-state index contributed by atoms with van der Waals surface area (Å²) in [6.45, 7) is 3.59. The molecular weight excluding hydrogens is 230 g/mol. The van der Waals surface area contributed by atoms with Gasteiger partial charge in [0.25, 0.3) is 0 Å². The van der Waals surface area contributed by atoms with Gasteiger partial charge in [-0.25, -0.2) is 0 Å². The Hall–Kier alpha value is -1.75. The van der Waals surface area contributed by atoms with Crippen molar-refractivity contribution < 1.29 is 9.94 Å². The highest BCUT2D eigenvalue weighted by Gasteiger charge is 2.05. The summed E-state index contributed by atoms with van der Waals surface area (Å²) in [7, 11) is 4.08. The fourth-order valence-electron chi connectivity index (χ4n) is 1.64. The van der Waals surface area contributed by atoms with Crippen LogP contribution in [0.3, 0.4) is 0 Å². The molecule has 5 heteroatoms. The third kappa shape index (κ3) is 4.25. The van der Waals surface area contributed by atoms with Gasteiger partial charge in [0.05, 0.1) is 6.61 Å². The van der Waals surface area contributed by atoms with Crippen LogP contribution >= 0.6 is 0 Å². The maximum absolute atomic E-state index is 8.63. The lowest BCUT2D eigenvalue weighted by Crippen LogP contribution is -2.16. The van der Waals surface area contributed by atoms with E-state index in [0.29, 0.717) is 6.61 Å². The van der Waals surface area contributed by atoms with E-state index >= 15 is 0 Å². The predicted molar refractivity (Wildman–Crippen MR) is 72.4 cm³/mol. The smallest absolute Gasteiger partial charge is 0.170 e. The largest absolute Gasteiger partial charge is 0.494 e. The summed E-state index contributed by atoms with van der Waals surface area (Å²) < 4.78 is 5.64. The Morgan fingerprint density at radius 1 is 1.44 bits per heavy atom. The fraction of sp³-hybridized carbons (Fsp3) is 0.462. The van der Waals surface area contributed by atoms with E-state index in [0.717, 1.165) is 29.8 Å². The zero-order valence-corrected chi connectivity index (χ0v) is 11.2. The van der Waals surface area contributed by atoms with Crippen LogP contribution in [0.1, 0.15) is 17.5 Å². The Bertz CT molecular complexity index is 417. The van der Waals surface area contributed by atoms with Crippen molar-refractivity contribution in [2.75, 3.05) is 27.2 Å². The lowest BCUT2D eigenvalue weighted by atomic mass is 10.1. The molecular formula is C13H21N3O2. The average Bonchev–Trinajstić information content (AvgIpc) is 2.33. The van der Waals surface area contributed by atoms with Crippen molar-refractivity contribution in [2.45, 2.75) is 13.3 Å². The minimum atomic E-state index is 0.117. The second-order valence-corrected chi connectivity index (χ2v) is 4.47. The molecule has 0 heterocycles. The van der Waals surface area contributed by atoms with Crippen LogP contribution in [-0.4, -0.2) is 43.2 Å². The molecule has 0 atom stereocenters. The predicted octanol–water partition coefficient (Wildman–Crippen LogP) is 1.42. The number of oxime groups is 1. The van der Waals surface area contributed by atoms with Crippen LogP contribution in [0.25, 0.3) is 0 Å². The topological polar surface area (TPSA) is 71.1 Å². The number of nitrogens with two attached hydrogens (primary N) is 1. The van der Waals surface area contributed by atoms with E-state index in [1.165, 1.54) is 0 Å². The highest BCUT2D eigenvalue weighted by atomic mass is 16.5. The molecule has 3 N–H and O–H groups in total. The third-order valence-corrected chi connectivity index (χ3v) is 2.60. The van der Waals surface area contributed by atoms with Crippen LogP contribution < -0.4 is 10.5 Å². The number of amidine groups is 1. The van der Waals surface area contributed by atoms with Crippen LogP contribution in [0.5, 0.6) is 5.75 Å². The maximum Gasteiger partial charge on any atom is 0.170 e. The standard InChI is InChI=1S/C13H21N3O2/c1-10-9-11(18-8-4-7-16(2)3)5-6-12(10)13(14)15-17/h5-6,9,17H,4,7-8H2,1-3H3,(H2,14,15). The number of rotatable bonds is 6. The van der Waals surface area contributed by atoms with Gasteiger partial charge in [-0.05, 0) is 51.2 Å². The Morgan fingerprint density at radius 2 is 2.17 bits per heavy atom. The molecule has 0 aromatic heterocycles. The van der Waals surface area contributed by atoms with E-state index in [9.17, 15) is 0 Å². The first-order chi connectivity index (χ1) is 8.54. The SMILES string of the molecule is Cc1cc(OCCCN(C)C)ccc1/C(N)=N/O. The van der Waals surface area contributed by atoms with E-state index in [1.54, 1.807) is 6.07 Å². The summed E-state index contributed by atoms with van der Waals surface area (Å²) in [4.78, 5) is 2.12. The van der Waals surface area contributed by atoms with Gasteiger partial charge >= 0.3 is 0 Å². The number of ether oxygens (including phenoxy) is 1. The molecule has 0 bridgehead atoms. The molecule has 1 aromatic rings. The molecule has 0 aliphatic heterocycles.